The Morgan fingerprint density at radius 3 is 3.00 bits per heavy atom. The molecule has 0 spiro atoms. The molecule has 3 rings (SSSR count). The highest BCUT2D eigenvalue weighted by molar-refractivity contribution is 7.08. The first-order valence-electron chi connectivity index (χ1n) is 7.87. The quantitative estimate of drug-likeness (QED) is 0.860. The predicted molar refractivity (Wildman–Crippen MR) is 95.3 cm³/mol. The number of nitrogens with one attached hydrogen (secondary N) is 1. The Labute approximate surface area is 145 Å². The van der Waals surface area contributed by atoms with Gasteiger partial charge in [0, 0.05) is 17.9 Å². The molecular weight excluding hydrogens is 330 g/mol. The largest absolute Gasteiger partial charge is 0.486 e. The van der Waals surface area contributed by atoms with Crippen LogP contribution in [0.25, 0.3) is 11.1 Å². The molecule has 5 heteroatoms. The molecule has 0 aliphatic carbocycles. The van der Waals surface area contributed by atoms with Gasteiger partial charge in [-0.1, -0.05) is 25.4 Å². The number of hydrogen-bond acceptors (Lipinski definition) is 3. The van der Waals surface area contributed by atoms with E-state index >= 15 is 0 Å². The summed E-state index contributed by atoms with van der Waals surface area (Å²) in [7, 11) is 0. The van der Waals surface area contributed by atoms with Crippen LogP contribution in [0.1, 0.15) is 25.8 Å². The molecule has 0 unspecified atom stereocenters. The van der Waals surface area contributed by atoms with E-state index in [-0.39, 0.29) is 17.9 Å². The molecule has 1 aromatic heterocycles. The number of hydrogen-bond donors (Lipinski definition) is 1. The standard InChI is InChI=1S/C18H20ClNO2S/c1-3-11(2)18(21)20-9-15-7-14-6-13(12-4-5-23-10-12)8-16(19)17(14)22-15/h4-6,8,10-11,15H,3,7,9H2,1-2H3,(H,20,21)/t11-,15+/m1/s1. The number of fused-ring (bicyclic) bond motifs is 1. The molecule has 122 valence electrons. The maximum atomic E-state index is 11.9. The third-order valence-corrected chi connectivity index (χ3v) is 5.24. The van der Waals surface area contributed by atoms with Crippen LogP contribution in [-0.4, -0.2) is 18.6 Å². The number of carbonyl (C=O) groups is 1. The summed E-state index contributed by atoms with van der Waals surface area (Å²) in [6, 6.07) is 6.17. The highest BCUT2D eigenvalue weighted by Crippen LogP contribution is 2.39. The fraction of sp³-hybridized carbons (Fsp3) is 0.389. The molecule has 1 N–H and O–H groups in total. The van der Waals surface area contributed by atoms with E-state index < -0.39 is 0 Å². The van der Waals surface area contributed by atoms with Crippen molar-refractivity contribution in [3.05, 3.63) is 39.5 Å². The van der Waals surface area contributed by atoms with Gasteiger partial charge in [-0.05, 0) is 46.5 Å². The van der Waals surface area contributed by atoms with Gasteiger partial charge in [-0.25, -0.2) is 0 Å². The van der Waals surface area contributed by atoms with E-state index in [0.29, 0.717) is 11.6 Å². The van der Waals surface area contributed by atoms with Gasteiger partial charge < -0.3 is 10.1 Å². The second-order valence-corrected chi connectivity index (χ2v) is 7.14. The molecule has 0 fully saturated rings. The van der Waals surface area contributed by atoms with Crippen LogP contribution in [0, 0.1) is 5.92 Å². The molecule has 2 aromatic rings. The summed E-state index contributed by atoms with van der Waals surface area (Å²) in [6.07, 6.45) is 1.56. The second-order valence-electron chi connectivity index (χ2n) is 5.96. The van der Waals surface area contributed by atoms with Crippen molar-refractivity contribution >= 4 is 28.8 Å². The summed E-state index contributed by atoms with van der Waals surface area (Å²) in [6.45, 7) is 4.46. The van der Waals surface area contributed by atoms with Crippen molar-refractivity contribution < 1.29 is 9.53 Å². The van der Waals surface area contributed by atoms with E-state index in [0.717, 1.165) is 29.7 Å². The summed E-state index contributed by atoms with van der Waals surface area (Å²) in [4.78, 5) is 11.9. The van der Waals surface area contributed by atoms with E-state index in [9.17, 15) is 4.79 Å². The fourth-order valence-electron chi connectivity index (χ4n) is 2.67. The summed E-state index contributed by atoms with van der Waals surface area (Å²) < 4.78 is 5.93. The molecule has 1 aliphatic rings. The normalized spacial score (nSPS) is 17.4. The molecule has 1 amide bonds. The van der Waals surface area contributed by atoms with Crippen LogP contribution in [0.4, 0.5) is 0 Å². The summed E-state index contributed by atoms with van der Waals surface area (Å²) >= 11 is 8.05. The van der Waals surface area contributed by atoms with Crippen LogP contribution >= 0.6 is 22.9 Å². The van der Waals surface area contributed by atoms with Crippen LogP contribution in [0.5, 0.6) is 5.75 Å². The van der Waals surface area contributed by atoms with Crippen LogP contribution in [0.3, 0.4) is 0 Å². The third kappa shape index (κ3) is 3.54. The average Bonchev–Trinajstić information content (AvgIpc) is 3.20. The van der Waals surface area contributed by atoms with Crippen molar-refractivity contribution in [3.8, 4) is 16.9 Å². The fourth-order valence-corrected chi connectivity index (χ4v) is 3.62. The molecule has 0 bridgehead atoms. The molecule has 0 saturated carbocycles. The third-order valence-electron chi connectivity index (χ3n) is 4.27. The maximum Gasteiger partial charge on any atom is 0.222 e. The van der Waals surface area contributed by atoms with Gasteiger partial charge in [-0.15, -0.1) is 0 Å². The Hall–Kier alpha value is -1.52. The molecule has 1 aliphatic heterocycles. The minimum Gasteiger partial charge on any atom is -0.486 e. The lowest BCUT2D eigenvalue weighted by Crippen LogP contribution is -2.37. The number of ether oxygens (including phenoxy) is 1. The number of amides is 1. The first-order valence-corrected chi connectivity index (χ1v) is 9.20. The van der Waals surface area contributed by atoms with E-state index in [4.69, 9.17) is 16.3 Å². The predicted octanol–water partition coefficient (Wildman–Crippen LogP) is 4.53. The average molecular weight is 350 g/mol. The molecular formula is C18H20ClNO2S. The van der Waals surface area contributed by atoms with Gasteiger partial charge in [0.2, 0.25) is 5.91 Å². The molecule has 3 nitrogen and oxygen atoms in total. The number of halogens is 1. The Morgan fingerprint density at radius 2 is 2.30 bits per heavy atom. The van der Waals surface area contributed by atoms with Crippen LogP contribution < -0.4 is 10.1 Å². The zero-order valence-electron chi connectivity index (χ0n) is 13.3. The molecule has 23 heavy (non-hydrogen) atoms. The molecule has 0 radical (unpaired) electrons. The minimum atomic E-state index is -0.0479. The molecule has 0 saturated heterocycles. The minimum absolute atomic E-state index is 0.0348. The topological polar surface area (TPSA) is 38.3 Å². The number of benzene rings is 1. The Kier molecular flexibility index (Phi) is 4.93. The maximum absolute atomic E-state index is 11.9. The van der Waals surface area contributed by atoms with Gasteiger partial charge >= 0.3 is 0 Å². The summed E-state index contributed by atoms with van der Waals surface area (Å²) in [5, 5.41) is 7.77. The Balaban J connectivity index is 1.69. The lowest BCUT2D eigenvalue weighted by molar-refractivity contribution is -0.124. The first kappa shape index (κ1) is 16.3. The lowest BCUT2D eigenvalue weighted by atomic mass is 10.0. The van der Waals surface area contributed by atoms with Crippen LogP contribution in [0.15, 0.2) is 29.0 Å². The van der Waals surface area contributed by atoms with Crippen molar-refractivity contribution in [2.75, 3.05) is 6.54 Å². The van der Waals surface area contributed by atoms with Gasteiger partial charge in [-0.2, -0.15) is 11.3 Å². The van der Waals surface area contributed by atoms with Gasteiger partial charge in [0.05, 0.1) is 11.6 Å². The SMILES string of the molecule is CC[C@@H](C)C(=O)NC[C@@H]1Cc2cc(-c3ccsc3)cc(Cl)c2O1. The van der Waals surface area contributed by atoms with Crippen LogP contribution in [-0.2, 0) is 11.2 Å². The van der Waals surface area contributed by atoms with Gasteiger partial charge in [0.1, 0.15) is 11.9 Å². The van der Waals surface area contributed by atoms with E-state index in [1.54, 1.807) is 11.3 Å². The smallest absolute Gasteiger partial charge is 0.222 e. The van der Waals surface area contributed by atoms with Crippen molar-refractivity contribution in [2.24, 2.45) is 5.92 Å². The Morgan fingerprint density at radius 1 is 1.48 bits per heavy atom. The van der Waals surface area contributed by atoms with E-state index in [1.165, 1.54) is 5.56 Å². The summed E-state index contributed by atoms with van der Waals surface area (Å²) in [5.41, 5.74) is 3.40. The highest BCUT2D eigenvalue weighted by atomic mass is 35.5. The van der Waals surface area contributed by atoms with Crippen molar-refractivity contribution in [3.63, 3.8) is 0 Å². The van der Waals surface area contributed by atoms with Gasteiger partial charge in [0.15, 0.2) is 0 Å². The zero-order chi connectivity index (χ0) is 16.4. The lowest BCUT2D eigenvalue weighted by Gasteiger charge is -2.14. The number of carbonyl (C=O) groups excluding carboxylic acids is 1. The zero-order valence-corrected chi connectivity index (χ0v) is 14.8. The molecule has 2 heterocycles. The summed E-state index contributed by atoms with van der Waals surface area (Å²) in [5.74, 6) is 0.873. The van der Waals surface area contributed by atoms with E-state index in [1.807, 2.05) is 19.9 Å². The Bertz CT molecular complexity index is 699. The van der Waals surface area contributed by atoms with Gasteiger partial charge in [-0.3, -0.25) is 4.79 Å². The molecule has 2 atom stereocenters. The monoisotopic (exact) mass is 349 g/mol. The van der Waals surface area contributed by atoms with Crippen molar-refractivity contribution in [1.82, 2.24) is 5.32 Å². The molecule has 1 aromatic carbocycles. The van der Waals surface area contributed by atoms with Crippen LogP contribution in [0.2, 0.25) is 5.02 Å². The van der Waals surface area contributed by atoms with Crippen molar-refractivity contribution in [2.45, 2.75) is 32.8 Å². The van der Waals surface area contributed by atoms with Crippen molar-refractivity contribution in [1.29, 1.82) is 0 Å². The van der Waals surface area contributed by atoms with Gasteiger partial charge in [0.25, 0.3) is 0 Å². The second kappa shape index (κ2) is 6.93. The van der Waals surface area contributed by atoms with E-state index in [2.05, 4.69) is 28.2 Å². The first-order chi connectivity index (χ1) is 11.1. The number of rotatable bonds is 5. The highest BCUT2D eigenvalue weighted by Gasteiger charge is 2.26. The number of thiophene rings is 1.